The summed E-state index contributed by atoms with van der Waals surface area (Å²) in [7, 11) is 0. The Balaban J connectivity index is 1.48. The zero-order chi connectivity index (χ0) is 16.5. The van der Waals surface area contributed by atoms with E-state index in [1.165, 1.54) is 44.1 Å². The van der Waals surface area contributed by atoms with Gasteiger partial charge < -0.3 is 10.6 Å². The van der Waals surface area contributed by atoms with Gasteiger partial charge in [0, 0.05) is 29.1 Å². The molecule has 2 saturated carbocycles. The fourth-order valence-corrected chi connectivity index (χ4v) is 4.45. The van der Waals surface area contributed by atoms with Crippen LogP contribution in [-0.4, -0.2) is 23.2 Å². The van der Waals surface area contributed by atoms with Crippen LogP contribution in [0.25, 0.3) is 0 Å². The fourth-order valence-electron chi connectivity index (χ4n) is 4.45. The van der Waals surface area contributed by atoms with Gasteiger partial charge in [0.05, 0.1) is 0 Å². The molecule has 0 spiro atoms. The van der Waals surface area contributed by atoms with E-state index in [1.54, 1.807) is 0 Å². The van der Waals surface area contributed by atoms with Gasteiger partial charge in [-0.1, -0.05) is 37.3 Å². The summed E-state index contributed by atoms with van der Waals surface area (Å²) in [4.78, 5) is 0. The molecule has 2 aliphatic rings. The third kappa shape index (κ3) is 4.36. The van der Waals surface area contributed by atoms with Gasteiger partial charge in [-0.15, -0.1) is 0 Å². The van der Waals surface area contributed by atoms with E-state index in [2.05, 4.69) is 68.7 Å². The molecule has 3 rings (SSSR count). The Labute approximate surface area is 142 Å². The Bertz CT molecular complexity index is 494. The van der Waals surface area contributed by atoms with Gasteiger partial charge in [0.2, 0.25) is 0 Å². The summed E-state index contributed by atoms with van der Waals surface area (Å²) in [5.41, 5.74) is 2.09. The molecule has 0 amide bonds. The Morgan fingerprint density at radius 3 is 2.30 bits per heavy atom. The Hall–Kier alpha value is -0.860. The van der Waals surface area contributed by atoms with Crippen molar-refractivity contribution in [2.24, 2.45) is 0 Å². The number of benzene rings is 1. The van der Waals surface area contributed by atoms with Gasteiger partial charge in [-0.05, 0) is 64.9 Å². The third-order valence-electron chi connectivity index (χ3n) is 5.73. The first kappa shape index (κ1) is 17.0. The molecule has 0 aromatic heterocycles. The molecule has 2 fully saturated rings. The zero-order valence-corrected chi connectivity index (χ0v) is 15.4. The highest BCUT2D eigenvalue weighted by Crippen LogP contribution is 2.42. The SMILES string of the molecule is CCC1(NC(C)(C)C)CCC(N[C@H]2C[C@@H]2c2ccccc2)CC1. The van der Waals surface area contributed by atoms with Crippen molar-refractivity contribution in [1.82, 2.24) is 10.6 Å². The zero-order valence-electron chi connectivity index (χ0n) is 15.4. The van der Waals surface area contributed by atoms with Crippen LogP contribution >= 0.6 is 0 Å². The summed E-state index contributed by atoms with van der Waals surface area (Å²) in [6.45, 7) is 9.23. The third-order valence-corrected chi connectivity index (χ3v) is 5.73. The second-order valence-electron chi connectivity index (χ2n) is 8.81. The van der Waals surface area contributed by atoms with Crippen LogP contribution < -0.4 is 10.6 Å². The van der Waals surface area contributed by atoms with Crippen molar-refractivity contribution in [2.75, 3.05) is 0 Å². The smallest absolute Gasteiger partial charge is 0.0184 e. The van der Waals surface area contributed by atoms with Crippen LogP contribution in [0.2, 0.25) is 0 Å². The molecule has 0 saturated heterocycles. The first-order chi connectivity index (χ1) is 10.9. The lowest BCUT2D eigenvalue weighted by molar-refractivity contribution is 0.154. The van der Waals surface area contributed by atoms with Crippen molar-refractivity contribution in [1.29, 1.82) is 0 Å². The molecule has 0 heterocycles. The maximum atomic E-state index is 3.94. The van der Waals surface area contributed by atoms with Gasteiger partial charge in [0.1, 0.15) is 0 Å². The summed E-state index contributed by atoms with van der Waals surface area (Å²) in [6.07, 6.45) is 7.80. The summed E-state index contributed by atoms with van der Waals surface area (Å²) in [6, 6.07) is 12.4. The van der Waals surface area contributed by atoms with Gasteiger partial charge >= 0.3 is 0 Å². The maximum absolute atomic E-state index is 3.94. The van der Waals surface area contributed by atoms with E-state index >= 15 is 0 Å². The maximum Gasteiger partial charge on any atom is 0.0184 e. The predicted octanol–water partition coefficient (Wildman–Crippen LogP) is 4.61. The highest BCUT2D eigenvalue weighted by molar-refractivity contribution is 5.27. The molecule has 1 aromatic carbocycles. The molecule has 2 heteroatoms. The van der Waals surface area contributed by atoms with E-state index in [9.17, 15) is 0 Å². The first-order valence-electron chi connectivity index (χ1n) is 9.51. The second kappa shape index (κ2) is 6.57. The van der Waals surface area contributed by atoms with Crippen molar-refractivity contribution >= 4 is 0 Å². The molecule has 0 radical (unpaired) electrons. The van der Waals surface area contributed by atoms with Gasteiger partial charge in [-0.2, -0.15) is 0 Å². The highest BCUT2D eigenvalue weighted by atomic mass is 15.1. The van der Waals surface area contributed by atoms with E-state index in [-0.39, 0.29) is 5.54 Å². The van der Waals surface area contributed by atoms with E-state index < -0.39 is 0 Å². The summed E-state index contributed by atoms with van der Waals surface area (Å²) < 4.78 is 0. The minimum Gasteiger partial charge on any atom is -0.311 e. The number of nitrogens with one attached hydrogen (secondary N) is 2. The van der Waals surface area contributed by atoms with Crippen molar-refractivity contribution in [2.45, 2.75) is 95.3 Å². The van der Waals surface area contributed by atoms with Crippen LogP contribution in [0.1, 0.15) is 77.7 Å². The van der Waals surface area contributed by atoms with E-state index in [1.807, 2.05) is 0 Å². The average molecular weight is 315 g/mol. The quantitative estimate of drug-likeness (QED) is 0.829. The second-order valence-corrected chi connectivity index (χ2v) is 8.81. The molecular weight excluding hydrogens is 280 g/mol. The Kier molecular flexibility index (Phi) is 4.85. The summed E-state index contributed by atoms with van der Waals surface area (Å²) in [5.74, 6) is 0.752. The average Bonchev–Trinajstić information content (AvgIpc) is 3.28. The molecule has 2 N–H and O–H groups in total. The van der Waals surface area contributed by atoms with Gasteiger partial charge in [0.15, 0.2) is 0 Å². The lowest BCUT2D eigenvalue weighted by Gasteiger charge is -2.45. The van der Waals surface area contributed by atoms with Gasteiger partial charge in [-0.3, -0.25) is 0 Å². The van der Waals surface area contributed by atoms with Crippen LogP contribution in [0.15, 0.2) is 30.3 Å². The molecule has 2 atom stereocenters. The Morgan fingerprint density at radius 1 is 1.09 bits per heavy atom. The molecule has 128 valence electrons. The molecule has 0 bridgehead atoms. The lowest BCUT2D eigenvalue weighted by atomic mass is 9.76. The van der Waals surface area contributed by atoms with E-state index in [4.69, 9.17) is 0 Å². The number of hydrogen-bond donors (Lipinski definition) is 2. The van der Waals surface area contributed by atoms with Crippen LogP contribution in [0, 0.1) is 0 Å². The standard InChI is InChI=1S/C21H34N2/c1-5-21(23-20(2,3)4)13-11-17(12-14-21)22-19-15-18(19)16-9-7-6-8-10-16/h6-10,17-19,22-23H,5,11-15H2,1-4H3/t17?,18-,19+,21?/m1/s1. The number of rotatable bonds is 5. The number of hydrogen-bond acceptors (Lipinski definition) is 2. The van der Waals surface area contributed by atoms with Crippen LogP contribution in [0.4, 0.5) is 0 Å². The molecule has 23 heavy (non-hydrogen) atoms. The van der Waals surface area contributed by atoms with Crippen molar-refractivity contribution in [3.05, 3.63) is 35.9 Å². The van der Waals surface area contributed by atoms with Crippen molar-refractivity contribution in [3.63, 3.8) is 0 Å². The molecule has 1 aromatic rings. The van der Waals surface area contributed by atoms with E-state index in [0.717, 1.165) is 12.0 Å². The summed E-state index contributed by atoms with van der Waals surface area (Å²) >= 11 is 0. The first-order valence-corrected chi connectivity index (χ1v) is 9.51. The van der Waals surface area contributed by atoms with Crippen LogP contribution in [0.5, 0.6) is 0 Å². The van der Waals surface area contributed by atoms with Crippen molar-refractivity contribution < 1.29 is 0 Å². The Morgan fingerprint density at radius 2 is 1.74 bits per heavy atom. The topological polar surface area (TPSA) is 24.1 Å². The largest absolute Gasteiger partial charge is 0.311 e. The lowest BCUT2D eigenvalue weighted by Crippen LogP contribution is -2.56. The van der Waals surface area contributed by atoms with Crippen LogP contribution in [-0.2, 0) is 0 Å². The summed E-state index contributed by atoms with van der Waals surface area (Å²) in [5, 5.41) is 7.86. The predicted molar refractivity (Wildman–Crippen MR) is 98.9 cm³/mol. The molecule has 2 nitrogen and oxygen atoms in total. The van der Waals surface area contributed by atoms with Crippen molar-refractivity contribution in [3.8, 4) is 0 Å². The highest BCUT2D eigenvalue weighted by Gasteiger charge is 2.42. The molecule has 0 aliphatic heterocycles. The molecule has 0 unspecified atom stereocenters. The minimum atomic E-state index is 0.213. The molecular formula is C21H34N2. The fraction of sp³-hybridized carbons (Fsp3) is 0.714. The monoisotopic (exact) mass is 314 g/mol. The van der Waals surface area contributed by atoms with E-state index in [0.29, 0.717) is 11.6 Å². The normalized spacial score (nSPS) is 34.3. The van der Waals surface area contributed by atoms with Gasteiger partial charge in [-0.25, -0.2) is 0 Å². The minimum absolute atomic E-state index is 0.213. The van der Waals surface area contributed by atoms with Gasteiger partial charge in [0.25, 0.3) is 0 Å². The molecule has 2 aliphatic carbocycles. The van der Waals surface area contributed by atoms with Crippen LogP contribution in [0.3, 0.4) is 0 Å².